The number of sulfonamides is 1. The fourth-order valence-electron chi connectivity index (χ4n) is 3.29. The van der Waals surface area contributed by atoms with Crippen molar-refractivity contribution in [1.82, 2.24) is 9.62 Å². The van der Waals surface area contributed by atoms with E-state index in [1.807, 2.05) is 32.0 Å². The molecular weight excluding hydrogens is 340 g/mol. The maximum Gasteiger partial charge on any atom is 0.224 e. The Morgan fingerprint density at radius 1 is 1.44 bits per heavy atom. The lowest BCUT2D eigenvalue weighted by atomic mass is 9.96. The predicted molar refractivity (Wildman–Crippen MR) is 98.0 cm³/mol. The Morgan fingerprint density at radius 3 is 2.72 bits per heavy atom. The van der Waals surface area contributed by atoms with Crippen molar-refractivity contribution in [2.75, 3.05) is 26.5 Å². The largest absolute Gasteiger partial charge is 0.496 e. The summed E-state index contributed by atoms with van der Waals surface area (Å²) in [4.78, 5) is 12.7. The van der Waals surface area contributed by atoms with Gasteiger partial charge in [0.05, 0.1) is 25.3 Å². The van der Waals surface area contributed by atoms with Crippen molar-refractivity contribution < 1.29 is 17.9 Å². The summed E-state index contributed by atoms with van der Waals surface area (Å²) in [7, 11) is -1.62. The zero-order chi connectivity index (χ0) is 18.6. The lowest BCUT2D eigenvalue weighted by Crippen LogP contribution is -2.45. The molecule has 6 nitrogen and oxygen atoms in total. The van der Waals surface area contributed by atoms with E-state index in [0.29, 0.717) is 13.0 Å². The van der Waals surface area contributed by atoms with E-state index in [1.165, 1.54) is 10.6 Å². The zero-order valence-electron chi connectivity index (χ0n) is 15.4. The zero-order valence-corrected chi connectivity index (χ0v) is 16.2. The van der Waals surface area contributed by atoms with Gasteiger partial charge < -0.3 is 10.1 Å². The van der Waals surface area contributed by atoms with Crippen molar-refractivity contribution in [3.63, 3.8) is 0 Å². The maximum atomic E-state index is 12.7. The Balaban J connectivity index is 2.08. The van der Waals surface area contributed by atoms with Gasteiger partial charge in [-0.2, -0.15) is 0 Å². The summed E-state index contributed by atoms with van der Waals surface area (Å²) in [6.45, 7) is 4.76. The molecule has 25 heavy (non-hydrogen) atoms. The maximum absolute atomic E-state index is 12.7. The summed E-state index contributed by atoms with van der Waals surface area (Å²) in [5.74, 6) is 0.451. The number of amides is 1. The highest BCUT2D eigenvalue weighted by Gasteiger charge is 2.31. The van der Waals surface area contributed by atoms with E-state index < -0.39 is 10.0 Å². The number of carbonyl (C=O) groups is 1. The highest BCUT2D eigenvalue weighted by atomic mass is 32.2. The average Bonchev–Trinajstić information content (AvgIpc) is 2.58. The number of carbonyl (C=O) groups excluding carboxylic acids is 1. The number of rotatable bonds is 6. The number of hydrogen-bond acceptors (Lipinski definition) is 4. The molecular formula is C18H28N2O4S. The molecule has 7 heteroatoms. The van der Waals surface area contributed by atoms with Gasteiger partial charge in [0.15, 0.2) is 0 Å². The molecule has 1 aromatic rings. The molecule has 1 aliphatic rings. The molecule has 0 aromatic heterocycles. The van der Waals surface area contributed by atoms with Crippen molar-refractivity contribution in [2.24, 2.45) is 5.92 Å². The van der Waals surface area contributed by atoms with Crippen LogP contribution in [-0.4, -0.2) is 45.1 Å². The molecule has 1 amide bonds. The van der Waals surface area contributed by atoms with E-state index in [2.05, 4.69) is 5.32 Å². The molecule has 1 fully saturated rings. The van der Waals surface area contributed by atoms with Crippen LogP contribution in [-0.2, 0) is 14.8 Å². The van der Waals surface area contributed by atoms with E-state index in [0.717, 1.165) is 29.7 Å². The second kappa shape index (κ2) is 8.19. The van der Waals surface area contributed by atoms with Crippen molar-refractivity contribution in [3.05, 3.63) is 29.3 Å². The van der Waals surface area contributed by atoms with Crippen LogP contribution in [0.4, 0.5) is 0 Å². The number of methoxy groups -OCH3 is 1. The Bertz CT molecular complexity index is 718. The molecule has 1 heterocycles. The minimum atomic E-state index is -3.25. The smallest absolute Gasteiger partial charge is 0.224 e. The number of benzene rings is 1. The van der Waals surface area contributed by atoms with Gasteiger partial charge >= 0.3 is 0 Å². The van der Waals surface area contributed by atoms with Gasteiger partial charge in [-0.1, -0.05) is 19.1 Å². The standard InChI is InChI=1S/C18H28N2O4S/c1-5-16(14-8-9-17(24-3)13(2)11-14)19-18(21)15-7-6-10-20(12-15)25(4,22)23/h8-9,11,15-16H,5-7,10,12H2,1-4H3,(H,19,21)/t15-,16-/m1/s1. The number of ether oxygens (including phenoxy) is 1. The lowest BCUT2D eigenvalue weighted by Gasteiger charge is -2.31. The molecule has 140 valence electrons. The van der Waals surface area contributed by atoms with Crippen molar-refractivity contribution in [1.29, 1.82) is 0 Å². The van der Waals surface area contributed by atoms with Crippen LogP contribution in [0.3, 0.4) is 0 Å². The number of hydrogen-bond donors (Lipinski definition) is 1. The predicted octanol–water partition coefficient (Wildman–Crippen LogP) is 2.24. The van der Waals surface area contributed by atoms with E-state index in [-0.39, 0.29) is 24.4 Å². The van der Waals surface area contributed by atoms with E-state index in [1.54, 1.807) is 7.11 Å². The van der Waals surface area contributed by atoms with Crippen LogP contribution >= 0.6 is 0 Å². The van der Waals surface area contributed by atoms with Crippen LogP contribution in [0.2, 0.25) is 0 Å². The number of aryl methyl sites for hydroxylation is 1. The highest BCUT2D eigenvalue weighted by Crippen LogP contribution is 2.25. The van der Waals surface area contributed by atoms with Crippen LogP contribution in [0.5, 0.6) is 5.75 Å². The van der Waals surface area contributed by atoms with Crippen LogP contribution in [0.25, 0.3) is 0 Å². The van der Waals surface area contributed by atoms with E-state index in [4.69, 9.17) is 4.74 Å². The Kier molecular flexibility index (Phi) is 6.46. The summed E-state index contributed by atoms with van der Waals surface area (Å²) in [6, 6.07) is 5.80. The number of nitrogens with zero attached hydrogens (tertiary/aromatic N) is 1. The van der Waals surface area contributed by atoms with Gasteiger partial charge in [0.1, 0.15) is 5.75 Å². The monoisotopic (exact) mass is 368 g/mol. The first-order valence-electron chi connectivity index (χ1n) is 8.66. The van der Waals surface area contributed by atoms with Crippen molar-refractivity contribution in [3.8, 4) is 5.75 Å². The van der Waals surface area contributed by atoms with Gasteiger partial charge in [-0.3, -0.25) is 4.79 Å². The Hall–Kier alpha value is -1.60. The third-order valence-corrected chi connectivity index (χ3v) is 6.04. The van der Waals surface area contributed by atoms with Crippen molar-refractivity contribution >= 4 is 15.9 Å². The third-order valence-electron chi connectivity index (χ3n) is 4.77. The third kappa shape index (κ3) is 4.95. The first-order valence-corrected chi connectivity index (χ1v) is 10.5. The summed E-state index contributed by atoms with van der Waals surface area (Å²) < 4.78 is 30.2. The molecule has 1 aliphatic heterocycles. The molecule has 1 saturated heterocycles. The van der Waals surface area contributed by atoms with Gasteiger partial charge in [0, 0.05) is 13.1 Å². The molecule has 0 bridgehead atoms. The normalized spacial score (nSPS) is 20.1. The first-order chi connectivity index (χ1) is 11.8. The van der Waals surface area contributed by atoms with Gasteiger partial charge in [0.2, 0.25) is 15.9 Å². The van der Waals surface area contributed by atoms with Gasteiger partial charge in [-0.05, 0) is 43.4 Å². The summed E-state index contributed by atoms with van der Waals surface area (Å²) in [5.41, 5.74) is 2.05. The first kappa shape index (κ1) is 19.7. The molecule has 2 rings (SSSR count). The van der Waals surface area contributed by atoms with E-state index >= 15 is 0 Å². The Labute approximate surface area is 150 Å². The van der Waals surface area contributed by atoms with Crippen LogP contribution in [0.15, 0.2) is 18.2 Å². The lowest BCUT2D eigenvalue weighted by molar-refractivity contribution is -0.126. The molecule has 0 saturated carbocycles. The molecule has 0 unspecified atom stereocenters. The average molecular weight is 368 g/mol. The molecule has 1 aromatic carbocycles. The number of nitrogens with one attached hydrogen (secondary N) is 1. The van der Waals surface area contributed by atoms with Gasteiger partial charge in [-0.25, -0.2) is 12.7 Å². The fourth-order valence-corrected chi connectivity index (χ4v) is 4.20. The molecule has 1 N–H and O–H groups in total. The summed E-state index contributed by atoms with van der Waals surface area (Å²) in [5, 5.41) is 3.09. The van der Waals surface area contributed by atoms with Crippen LogP contribution < -0.4 is 10.1 Å². The SMILES string of the molecule is CC[C@@H](NC(=O)[C@@H]1CCCN(S(C)(=O)=O)C1)c1ccc(OC)c(C)c1. The van der Waals surface area contributed by atoms with Gasteiger partial charge in [-0.15, -0.1) is 0 Å². The topological polar surface area (TPSA) is 75.7 Å². The second-order valence-electron chi connectivity index (χ2n) is 6.66. The minimum absolute atomic E-state index is 0.0753. The number of piperidine rings is 1. The summed E-state index contributed by atoms with van der Waals surface area (Å²) >= 11 is 0. The van der Waals surface area contributed by atoms with Crippen LogP contribution in [0, 0.1) is 12.8 Å². The molecule has 2 atom stereocenters. The quantitative estimate of drug-likeness (QED) is 0.835. The highest BCUT2D eigenvalue weighted by molar-refractivity contribution is 7.88. The molecule has 0 radical (unpaired) electrons. The van der Waals surface area contributed by atoms with Gasteiger partial charge in [0.25, 0.3) is 0 Å². The van der Waals surface area contributed by atoms with Crippen molar-refractivity contribution in [2.45, 2.75) is 39.2 Å². The Morgan fingerprint density at radius 2 is 2.16 bits per heavy atom. The second-order valence-corrected chi connectivity index (χ2v) is 8.64. The fraction of sp³-hybridized carbons (Fsp3) is 0.611. The molecule has 0 spiro atoms. The molecule has 0 aliphatic carbocycles. The van der Waals surface area contributed by atoms with E-state index in [9.17, 15) is 13.2 Å². The minimum Gasteiger partial charge on any atom is -0.496 e. The van der Waals surface area contributed by atoms with Crippen LogP contribution in [0.1, 0.15) is 43.4 Å². The summed E-state index contributed by atoms with van der Waals surface area (Å²) in [6.07, 6.45) is 3.39.